The topological polar surface area (TPSA) is 61.4 Å². The summed E-state index contributed by atoms with van der Waals surface area (Å²) in [7, 11) is 0. The van der Waals surface area contributed by atoms with E-state index in [-0.39, 0.29) is 0 Å². The van der Waals surface area contributed by atoms with Crippen molar-refractivity contribution in [2.24, 2.45) is 0 Å². The predicted octanol–water partition coefficient (Wildman–Crippen LogP) is 4.88. The van der Waals surface area contributed by atoms with Crippen LogP contribution in [0.25, 0.3) is 39.5 Å². The van der Waals surface area contributed by atoms with E-state index in [1.54, 1.807) is 12.5 Å². The molecule has 6 rings (SSSR count). The standard InChI is InChI=1S/C25H18N6/c1-3-9-18(10-4-1)16-30-23(19-11-5-2-6-12-19)28-21-15-26-25(29-24(21)30)31-17-27-20-13-7-8-14-22(20)31/h1-15,17H,16H2. The normalized spacial score (nSPS) is 11.4. The van der Waals surface area contributed by atoms with Gasteiger partial charge in [0, 0.05) is 5.56 Å². The number of aromatic nitrogens is 6. The van der Waals surface area contributed by atoms with Crippen molar-refractivity contribution in [1.82, 2.24) is 29.1 Å². The van der Waals surface area contributed by atoms with Gasteiger partial charge in [0.05, 0.1) is 23.8 Å². The van der Waals surface area contributed by atoms with Gasteiger partial charge in [-0.15, -0.1) is 0 Å². The van der Waals surface area contributed by atoms with E-state index >= 15 is 0 Å². The van der Waals surface area contributed by atoms with Crippen molar-refractivity contribution in [3.05, 3.63) is 103 Å². The Morgan fingerprint density at radius 2 is 1.42 bits per heavy atom. The van der Waals surface area contributed by atoms with E-state index in [4.69, 9.17) is 9.97 Å². The highest BCUT2D eigenvalue weighted by Crippen LogP contribution is 2.25. The van der Waals surface area contributed by atoms with Crippen LogP contribution < -0.4 is 0 Å². The Hall–Kier alpha value is -4.32. The number of hydrogen-bond acceptors (Lipinski definition) is 4. The van der Waals surface area contributed by atoms with Crippen molar-refractivity contribution in [1.29, 1.82) is 0 Å². The number of imidazole rings is 2. The number of benzene rings is 3. The molecule has 0 bridgehead atoms. The molecule has 3 heterocycles. The summed E-state index contributed by atoms with van der Waals surface area (Å²) in [5.41, 5.74) is 5.68. The van der Waals surface area contributed by atoms with Gasteiger partial charge in [0.25, 0.3) is 0 Å². The van der Waals surface area contributed by atoms with Crippen molar-refractivity contribution in [2.75, 3.05) is 0 Å². The highest BCUT2D eigenvalue weighted by atomic mass is 15.2. The lowest BCUT2D eigenvalue weighted by atomic mass is 10.2. The summed E-state index contributed by atoms with van der Waals surface area (Å²) in [6, 6.07) is 28.5. The molecule has 0 spiro atoms. The molecular formula is C25H18N6. The molecule has 0 aliphatic rings. The van der Waals surface area contributed by atoms with Gasteiger partial charge < -0.3 is 4.57 Å². The van der Waals surface area contributed by atoms with Gasteiger partial charge in [0.15, 0.2) is 5.65 Å². The summed E-state index contributed by atoms with van der Waals surface area (Å²) in [6.07, 6.45) is 3.56. The number of rotatable bonds is 4. The number of para-hydroxylation sites is 2. The van der Waals surface area contributed by atoms with Crippen molar-refractivity contribution in [3.63, 3.8) is 0 Å². The molecule has 3 aromatic heterocycles. The second kappa shape index (κ2) is 7.18. The Morgan fingerprint density at radius 1 is 0.677 bits per heavy atom. The number of hydrogen-bond donors (Lipinski definition) is 0. The molecule has 0 amide bonds. The minimum atomic E-state index is 0.579. The maximum atomic E-state index is 4.92. The van der Waals surface area contributed by atoms with Crippen molar-refractivity contribution in [2.45, 2.75) is 6.54 Å². The quantitative estimate of drug-likeness (QED) is 0.422. The Balaban J connectivity index is 1.57. The Kier molecular flexibility index (Phi) is 4.06. The molecule has 6 aromatic rings. The van der Waals surface area contributed by atoms with Crippen LogP contribution in [0.5, 0.6) is 0 Å². The molecular weight excluding hydrogens is 384 g/mol. The smallest absolute Gasteiger partial charge is 0.237 e. The van der Waals surface area contributed by atoms with Crippen molar-refractivity contribution < 1.29 is 0 Å². The first kappa shape index (κ1) is 17.5. The van der Waals surface area contributed by atoms with Gasteiger partial charge >= 0.3 is 0 Å². The van der Waals surface area contributed by atoms with Gasteiger partial charge in [-0.05, 0) is 17.7 Å². The largest absolute Gasteiger partial charge is 0.304 e. The third-order valence-corrected chi connectivity index (χ3v) is 5.36. The lowest BCUT2D eigenvalue weighted by molar-refractivity contribution is 0.817. The monoisotopic (exact) mass is 402 g/mol. The SMILES string of the molecule is c1ccc(Cn2c(-c3ccccc3)nc3cnc(-n4cnc5ccccc54)nc32)cc1. The highest BCUT2D eigenvalue weighted by molar-refractivity contribution is 5.79. The van der Waals surface area contributed by atoms with Gasteiger partial charge in [0.2, 0.25) is 5.95 Å². The molecule has 0 fully saturated rings. The van der Waals surface area contributed by atoms with Crippen LogP contribution in [0, 0.1) is 0 Å². The van der Waals surface area contributed by atoms with E-state index in [0.717, 1.165) is 33.6 Å². The second-order valence-corrected chi connectivity index (χ2v) is 7.36. The van der Waals surface area contributed by atoms with Gasteiger partial charge in [-0.1, -0.05) is 72.8 Å². The molecule has 0 radical (unpaired) electrons. The summed E-state index contributed by atoms with van der Waals surface area (Å²) in [6.45, 7) is 0.669. The molecule has 3 aromatic carbocycles. The molecule has 0 aliphatic carbocycles. The van der Waals surface area contributed by atoms with Crippen molar-refractivity contribution in [3.8, 4) is 17.3 Å². The molecule has 6 nitrogen and oxygen atoms in total. The molecule has 0 unspecified atom stereocenters. The van der Waals surface area contributed by atoms with E-state index in [0.29, 0.717) is 12.5 Å². The number of fused-ring (bicyclic) bond motifs is 2. The Morgan fingerprint density at radius 3 is 2.26 bits per heavy atom. The second-order valence-electron chi connectivity index (χ2n) is 7.36. The van der Waals surface area contributed by atoms with Gasteiger partial charge in [-0.25, -0.2) is 15.0 Å². The fraction of sp³-hybridized carbons (Fsp3) is 0.0400. The minimum absolute atomic E-state index is 0.579. The zero-order chi connectivity index (χ0) is 20.6. The van der Waals surface area contributed by atoms with Crippen LogP contribution in [0.4, 0.5) is 0 Å². The Bertz CT molecular complexity index is 1500. The third-order valence-electron chi connectivity index (χ3n) is 5.36. The van der Waals surface area contributed by atoms with E-state index in [2.05, 4.69) is 50.9 Å². The first-order chi connectivity index (χ1) is 15.4. The van der Waals surface area contributed by atoms with E-state index < -0.39 is 0 Å². The fourth-order valence-electron chi connectivity index (χ4n) is 3.87. The maximum Gasteiger partial charge on any atom is 0.237 e. The lowest BCUT2D eigenvalue weighted by Crippen LogP contribution is -2.05. The first-order valence-electron chi connectivity index (χ1n) is 10.1. The van der Waals surface area contributed by atoms with Crippen molar-refractivity contribution >= 4 is 22.2 Å². The highest BCUT2D eigenvalue weighted by Gasteiger charge is 2.16. The zero-order valence-corrected chi connectivity index (χ0v) is 16.6. The van der Waals surface area contributed by atoms with Gasteiger partial charge in [0.1, 0.15) is 17.7 Å². The lowest BCUT2D eigenvalue weighted by Gasteiger charge is -2.10. The predicted molar refractivity (Wildman–Crippen MR) is 121 cm³/mol. The third kappa shape index (κ3) is 3.05. The van der Waals surface area contributed by atoms with Gasteiger partial charge in [-0.3, -0.25) is 4.57 Å². The summed E-state index contributed by atoms with van der Waals surface area (Å²) < 4.78 is 4.07. The molecule has 0 saturated heterocycles. The molecule has 148 valence electrons. The molecule has 0 atom stereocenters. The molecule has 0 N–H and O–H groups in total. The number of nitrogens with zero attached hydrogens (tertiary/aromatic N) is 6. The van der Waals surface area contributed by atoms with Crippen LogP contribution in [-0.4, -0.2) is 29.1 Å². The van der Waals surface area contributed by atoms with Gasteiger partial charge in [-0.2, -0.15) is 4.98 Å². The van der Waals surface area contributed by atoms with E-state index in [9.17, 15) is 0 Å². The summed E-state index contributed by atoms with van der Waals surface area (Å²) in [5, 5.41) is 0. The zero-order valence-electron chi connectivity index (χ0n) is 16.6. The molecule has 0 aliphatic heterocycles. The average molecular weight is 402 g/mol. The van der Waals surface area contributed by atoms with Crippen LogP contribution in [0.2, 0.25) is 0 Å². The van der Waals surface area contributed by atoms with Crippen LogP contribution >= 0.6 is 0 Å². The van der Waals surface area contributed by atoms with Crippen LogP contribution in [0.1, 0.15) is 5.56 Å². The van der Waals surface area contributed by atoms with E-state index in [1.165, 1.54) is 5.56 Å². The maximum absolute atomic E-state index is 4.92. The van der Waals surface area contributed by atoms with Crippen LogP contribution in [0.15, 0.2) is 97.5 Å². The summed E-state index contributed by atoms with van der Waals surface area (Å²) >= 11 is 0. The van der Waals surface area contributed by atoms with E-state index in [1.807, 2.05) is 53.1 Å². The molecule has 6 heteroatoms. The molecule has 31 heavy (non-hydrogen) atoms. The summed E-state index contributed by atoms with van der Waals surface area (Å²) in [5.74, 6) is 1.46. The van der Waals surface area contributed by atoms with Crippen LogP contribution in [-0.2, 0) is 6.54 Å². The fourth-order valence-corrected chi connectivity index (χ4v) is 3.87. The first-order valence-corrected chi connectivity index (χ1v) is 10.1. The van der Waals surface area contributed by atoms with Crippen LogP contribution in [0.3, 0.4) is 0 Å². The molecule has 0 saturated carbocycles. The minimum Gasteiger partial charge on any atom is -0.304 e. The summed E-state index contributed by atoms with van der Waals surface area (Å²) in [4.78, 5) is 18.9. The Labute approximate surface area is 178 Å². The average Bonchev–Trinajstić information content (AvgIpc) is 3.42.